The van der Waals surface area contributed by atoms with Gasteiger partial charge in [-0.05, 0) is 49.1 Å². The zero-order chi connectivity index (χ0) is 28.3. The van der Waals surface area contributed by atoms with E-state index in [9.17, 15) is 13.4 Å². The van der Waals surface area contributed by atoms with Gasteiger partial charge >= 0.3 is 0 Å². The van der Waals surface area contributed by atoms with Crippen LogP contribution in [0.4, 0.5) is 15.9 Å². The predicted molar refractivity (Wildman–Crippen MR) is 150 cm³/mol. The SMILES string of the molecule is COc1cc(C(=O)N2CCOCC2)cc(OC)c1S(=O)Nc1noc2c1CC1(CC1)c1ccc(N3CC(F)C3)cc1-2. The van der Waals surface area contributed by atoms with Gasteiger partial charge in [0.25, 0.3) is 5.91 Å². The van der Waals surface area contributed by atoms with Crippen molar-refractivity contribution in [1.29, 1.82) is 0 Å². The van der Waals surface area contributed by atoms with Gasteiger partial charge in [-0.1, -0.05) is 11.2 Å². The predicted octanol–water partition coefficient (Wildman–Crippen LogP) is 3.71. The molecule has 3 fully saturated rings. The normalized spacial score (nSPS) is 19.7. The Bertz CT molecular complexity index is 1520. The number of carbonyl (C=O) groups is 1. The third kappa shape index (κ3) is 4.44. The fourth-order valence-electron chi connectivity index (χ4n) is 6.08. The molecule has 2 aliphatic carbocycles. The van der Waals surface area contributed by atoms with Crippen LogP contribution >= 0.6 is 0 Å². The summed E-state index contributed by atoms with van der Waals surface area (Å²) in [4.78, 5) is 17.1. The van der Waals surface area contributed by atoms with Gasteiger partial charge in [0.05, 0.1) is 40.5 Å². The van der Waals surface area contributed by atoms with Crippen LogP contribution in [0.15, 0.2) is 39.8 Å². The Labute approximate surface area is 239 Å². The van der Waals surface area contributed by atoms with Crippen LogP contribution in [0.5, 0.6) is 11.5 Å². The lowest BCUT2D eigenvalue weighted by molar-refractivity contribution is 0.0302. The highest BCUT2D eigenvalue weighted by Gasteiger charge is 2.50. The second-order valence-corrected chi connectivity index (χ2v) is 12.2. The Morgan fingerprint density at radius 1 is 1.12 bits per heavy atom. The first-order chi connectivity index (χ1) is 19.9. The third-order valence-corrected chi connectivity index (χ3v) is 9.71. The van der Waals surface area contributed by atoms with Crippen molar-refractivity contribution >= 4 is 28.4 Å². The quantitative estimate of drug-likeness (QED) is 0.450. The molecule has 41 heavy (non-hydrogen) atoms. The van der Waals surface area contributed by atoms with Gasteiger partial charge in [-0.15, -0.1) is 0 Å². The molecule has 1 N–H and O–H groups in total. The molecule has 1 aromatic heterocycles. The molecule has 7 rings (SSSR count). The van der Waals surface area contributed by atoms with E-state index in [4.69, 9.17) is 18.7 Å². The number of morpholine rings is 1. The van der Waals surface area contributed by atoms with E-state index >= 15 is 0 Å². The lowest BCUT2D eigenvalue weighted by Gasteiger charge is -2.37. The maximum Gasteiger partial charge on any atom is 0.254 e. The van der Waals surface area contributed by atoms with E-state index in [1.54, 1.807) is 17.0 Å². The molecule has 2 aliphatic heterocycles. The van der Waals surface area contributed by atoms with E-state index in [0.29, 0.717) is 56.5 Å². The number of nitrogens with zero attached hydrogens (tertiary/aromatic N) is 3. The highest BCUT2D eigenvalue weighted by atomic mass is 32.2. The lowest BCUT2D eigenvalue weighted by Crippen LogP contribution is -2.48. The maximum absolute atomic E-state index is 13.8. The molecule has 10 nitrogen and oxygen atoms in total. The van der Waals surface area contributed by atoms with E-state index in [0.717, 1.165) is 36.1 Å². The number of fused-ring (bicyclic) bond motifs is 4. The molecule has 1 saturated carbocycles. The van der Waals surface area contributed by atoms with Gasteiger partial charge in [-0.3, -0.25) is 9.52 Å². The van der Waals surface area contributed by atoms with Crippen molar-refractivity contribution in [1.82, 2.24) is 10.1 Å². The molecule has 0 bridgehead atoms. The highest BCUT2D eigenvalue weighted by Crippen LogP contribution is 2.59. The molecule has 216 valence electrons. The van der Waals surface area contributed by atoms with Crippen molar-refractivity contribution < 1.29 is 32.1 Å². The van der Waals surface area contributed by atoms with Crippen molar-refractivity contribution in [2.45, 2.75) is 35.7 Å². The number of benzene rings is 2. The number of nitrogens with one attached hydrogen (secondary N) is 1. The van der Waals surface area contributed by atoms with Crippen LogP contribution in [0.3, 0.4) is 0 Å². The van der Waals surface area contributed by atoms with E-state index in [-0.39, 0.29) is 27.7 Å². The van der Waals surface area contributed by atoms with E-state index in [2.05, 4.69) is 28.1 Å². The Hall–Kier alpha value is -3.64. The minimum atomic E-state index is -1.85. The number of hydrogen-bond donors (Lipinski definition) is 1. The minimum Gasteiger partial charge on any atom is -0.495 e. The van der Waals surface area contributed by atoms with E-state index in [1.165, 1.54) is 19.8 Å². The number of methoxy groups -OCH3 is 2. The van der Waals surface area contributed by atoms with Crippen LogP contribution in [0.2, 0.25) is 0 Å². The van der Waals surface area contributed by atoms with Gasteiger partial charge in [0.15, 0.2) is 22.6 Å². The third-order valence-electron chi connectivity index (χ3n) is 8.56. The second kappa shape index (κ2) is 10.0. The first kappa shape index (κ1) is 26.3. The Morgan fingerprint density at radius 3 is 2.46 bits per heavy atom. The van der Waals surface area contributed by atoms with E-state index < -0.39 is 17.2 Å². The summed E-state index contributed by atoms with van der Waals surface area (Å²) in [5.41, 5.74) is 4.37. The van der Waals surface area contributed by atoms with Gasteiger partial charge in [0.1, 0.15) is 22.6 Å². The molecular weight excluding hydrogens is 551 g/mol. The standard InChI is InChI=1S/C29H31FN4O6S/c1-37-23-11-17(28(35)33-7-9-39-10-8-33)12-24(38-2)26(23)41(36)32-27-21-14-29(5-6-29)22-4-3-19(34-15-18(30)16-34)13-20(22)25(21)40-31-27/h3-4,11-13,18H,5-10,14-16H2,1-2H3,(H,31,32). The molecule has 2 saturated heterocycles. The van der Waals surface area contributed by atoms with Crippen molar-refractivity contribution in [3.63, 3.8) is 0 Å². The van der Waals surface area contributed by atoms with Crippen LogP contribution in [-0.2, 0) is 27.6 Å². The summed E-state index contributed by atoms with van der Waals surface area (Å²) in [6, 6.07) is 9.42. The summed E-state index contributed by atoms with van der Waals surface area (Å²) in [6.45, 7) is 2.74. The number of halogens is 1. The second-order valence-electron chi connectivity index (χ2n) is 11.0. The van der Waals surface area contributed by atoms with Crippen LogP contribution in [0, 0.1) is 0 Å². The summed E-state index contributed by atoms with van der Waals surface area (Å²) in [5.74, 6) is 1.39. The molecule has 1 spiro atoms. The molecule has 2 aromatic carbocycles. The van der Waals surface area contributed by atoms with Crippen molar-refractivity contribution in [3.8, 4) is 22.8 Å². The number of hydrogen-bond acceptors (Lipinski definition) is 8. The topological polar surface area (TPSA) is 106 Å². The fraction of sp³-hybridized carbons (Fsp3) is 0.448. The Balaban J connectivity index is 1.19. The smallest absolute Gasteiger partial charge is 0.254 e. The molecule has 3 aromatic rings. The van der Waals surface area contributed by atoms with Crippen LogP contribution < -0.4 is 19.1 Å². The first-order valence-electron chi connectivity index (χ1n) is 13.7. The number of carbonyl (C=O) groups excluding carboxylic acids is 1. The number of aromatic nitrogens is 1. The van der Waals surface area contributed by atoms with E-state index in [1.807, 2.05) is 4.90 Å². The number of alkyl halides is 1. The highest BCUT2D eigenvalue weighted by molar-refractivity contribution is 7.86. The molecule has 12 heteroatoms. The summed E-state index contributed by atoms with van der Waals surface area (Å²) in [5, 5.41) is 4.29. The van der Waals surface area contributed by atoms with Gasteiger partial charge in [-0.2, -0.15) is 0 Å². The van der Waals surface area contributed by atoms with Crippen molar-refractivity contribution in [2.75, 3.05) is 63.2 Å². The molecule has 1 unspecified atom stereocenters. The lowest BCUT2D eigenvalue weighted by atomic mass is 9.79. The molecule has 1 atom stereocenters. The Kier molecular flexibility index (Phi) is 6.42. The van der Waals surface area contributed by atoms with Gasteiger partial charge in [-0.25, -0.2) is 8.60 Å². The number of rotatable bonds is 7. The molecule has 0 radical (unpaired) electrons. The largest absolute Gasteiger partial charge is 0.495 e. The summed E-state index contributed by atoms with van der Waals surface area (Å²) < 4.78 is 52.7. The van der Waals surface area contributed by atoms with Gasteiger partial charge < -0.3 is 28.5 Å². The van der Waals surface area contributed by atoms with Crippen molar-refractivity contribution in [3.05, 3.63) is 47.0 Å². The summed E-state index contributed by atoms with van der Waals surface area (Å²) in [7, 11) is 1.08. The van der Waals surface area contributed by atoms with Crippen LogP contribution in [0.1, 0.15) is 34.3 Å². The number of ether oxygens (including phenoxy) is 3. The minimum absolute atomic E-state index is 0.00120. The van der Waals surface area contributed by atoms with Gasteiger partial charge in [0.2, 0.25) is 0 Å². The number of amides is 1. The fourth-order valence-corrected chi connectivity index (χ4v) is 7.17. The van der Waals surface area contributed by atoms with Crippen molar-refractivity contribution in [2.24, 2.45) is 0 Å². The monoisotopic (exact) mass is 582 g/mol. The maximum atomic E-state index is 13.8. The Morgan fingerprint density at radius 2 is 1.83 bits per heavy atom. The molecule has 3 heterocycles. The molecule has 4 aliphatic rings. The zero-order valence-corrected chi connectivity index (χ0v) is 23.7. The molecule has 1 amide bonds. The van der Waals surface area contributed by atoms with Crippen LogP contribution in [-0.4, -0.2) is 80.0 Å². The summed E-state index contributed by atoms with van der Waals surface area (Å²) in [6.07, 6.45) is 2.01. The average molecular weight is 583 g/mol. The van der Waals surface area contributed by atoms with Gasteiger partial charge in [0, 0.05) is 40.9 Å². The summed E-state index contributed by atoms with van der Waals surface area (Å²) >= 11 is 0. The first-order valence-corrected chi connectivity index (χ1v) is 14.9. The van der Waals surface area contributed by atoms with Crippen LogP contribution in [0.25, 0.3) is 11.3 Å². The average Bonchev–Trinajstić information content (AvgIpc) is 3.65. The molecular formula is C29H31FN4O6S. The zero-order valence-electron chi connectivity index (χ0n) is 22.9. The number of anilines is 2.